The minimum absolute atomic E-state index is 0.268. The molecular formula is C8H3BF5NO2. The number of nitriles is 1. The number of hydrogen-bond acceptors (Lipinski definition) is 3. The second kappa shape index (κ2) is 4.69. The van der Waals surface area contributed by atoms with Crippen molar-refractivity contribution in [3.63, 3.8) is 0 Å². The van der Waals surface area contributed by atoms with Crippen LogP contribution in [0.25, 0.3) is 0 Å². The number of hydrogen-bond donors (Lipinski definition) is 1. The Balaban J connectivity index is 3.13. The molecular weight excluding hydrogens is 248 g/mol. The van der Waals surface area contributed by atoms with Gasteiger partial charge in [0.1, 0.15) is 0 Å². The molecule has 3 nitrogen and oxygen atoms in total. The van der Waals surface area contributed by atoms with Crippen molar-refractivity contribution in [3.05, 3.63) is 29.3 Å². The summed E-state index contributed by atoms with van der Waals surface area (Å²) >= 11 is 0. The van der Waals surface area contributed by atoms with Crippen LogP contribution in [0.3, 0.4) is 0 Å². The lowest BCUT2D eigenvalue weighted by Crippen LogP contribution is -2.40. The molecule has 0 saturated heterocycles. The third-order valence-corrected chi connectivity index (χ3v) is 1.72. The standard InChI is InChI=1S/C8H3BF5NO2/c10-6-1-4(3-15)5(2-7(6)11)9(16)17-8(12,13)14/h1-2,16H. The van der Waals surface area contributed by atoms with Gasteiger partial charge in [0, 0.05) is 5.46 Å². The lowest BCUT2D eigenvalue weighted by Gasteiger charge is -2.12. The zero-order chi connectivity index (χ0) is 13.2. The van der Waals surface area contributed by atoms with Crippen molar-refractivity contribution < 1.29 is 31.6 Å². The summed E-state index contributed by atoms with van der Waals surface area (Å²) in [4.78, 5) is 0. The fourth-order valence-corrected chi connectivity index (χ4v) is 1.05. The normalized spacial score (nSPS) is 11.1. The van der Waals surface area contributed by atoms with Gasteiger partial charge in [-0.1, -0.05) is 0 Å². The van der Waals surface area contributed by atoms with Gasteiger partial charge in [-0.3, -0.25) is 0 Å². The number of halogens is 5. The molecule has 0 aliphatic carbocycles. The molecule has 90 valence electrons. The Kier molecular flexibility index (Phi) is 3.70. The minimum atomic E-state index is -5.17. The number of nitrogens with zero attached hydrogens (tertiary/aromatic N) is 1. The van der Waals surface area contributed by atoms with E-state index in [4.69, 9.17) is 10.3 Å². The molecule has 17 heavy (non-hydrogen) atoms. The molecule has 0 unspecified atom stereocenters. The molecule has 0 fully saturated rings. The maximum atomic E-state index is 12.8. The van der Waals surface area contributed by atoms with Crippen molar-refractivity contribution in [3.8, 4) is 6.07 Å². The SMILES string of the molecule is N#Cc1cc(F)c(F)cc1B(O)OC(F)(F)F. The van der Waals surface area contributed by atoms with Gasteiger partial charge in [-0.25, -0.2) is 8.78 Å². The van der Waals surface area contributed by atoms with Crippen LogP contribution in [0.4, 0.5) is 22.0 Å². The van der Waals surface area contributed by atoms with Gasteiger partial charge >= 0.3 is 13.5 Å². The zero-order valence-corrected chi connectivity index (χ0v) is 7.92. The summed E-state index contributed by atoms with van der Waals surface area (Å²) in [6.45, 7) is 0. The van der Waals surface area contributed by atoms with Crippen LogP contribution in [-0.4, -0.2) is 18.5 Å². The second-order valence-electron chi connectivity index (χ2n) is 2.88. The predicted octanol–water partition coefficient (Wildman–Crippen LogP) is 1.06. The first-order chi connectivity index (χ1) is 7.74. The monoisotopic (exact) mass is 251 g/mol. The summed E-state index contributed by atoms with van der Waals surface area (Å²) in [5, 5.41) is 17.5. The molecule has 1 N–H and O–H groups in total. The van der Waals surface area contributed by atoms with Crippen LogP contribution in [0.2, 0.25) is 0 Å². The average Bonchev–Trinajstić information content (AvgIpc) is 2.18. The number of rotatable bonds is 2. The molecule has 1 aromatic rings. The largest absolute Gasteiger partial charge is 0.510 e. The average molecular weight is 251 g/mol. The van der Waals surface area contributed by atoms with E-state index in [2.05, 4.69) is 4.65 Å². The topological polar surface area (TPSA) is 53.2 Å². The van der Waals surface area contributed by atoms with E-state index < -0.39 is 36.1 Å². The molecule has 1 aromatic carbocycles. The summed E-state index contributed by atoms with van der Waals surface area (Å²) in [7, 11) is -2.60. The Hall–Kier alpha value is -1.66. The van der Waals surface area contributed by atoms with Gasteiger partial charge in [0.2, 0.25) is 0 Å². The van der Waals surface area contributed by atoms with Crippen LogP contribution < -0.4 is 5.46 Å². The second-order valence-corrected chi connectivity index (χ2v) is 2.88. The van der Waals surface area contributed by atoms with Gasteiger partial charge < -0.3 is 9.68 Å². The maximum Gasteiger partial charge on any atom is 0.510 e. The fourth-order valence-electron chi connectivity index (χ4n) is 1.05. The van der Waals surface area contributed by atoms with E-state index in [1.807, 2.05) is 0 Å². The molecule has 0 saturated carbocycles. The first-order valence-corrected chi connectivity index (χ1v) is 4.06. The van der Waals surface area contributed by atoms with E-state index in [-0.39, 0.29) is 6.07 Å². The van der Waals surface area contributed by atoms with Gasteiger partial charge in [0.15, 0.2) is 11.6 Å². The van der Waals surface area contributed by atoms with Crippen LogP contribution in [0.5, 0.6) is 0 Å². The molecule has 0 aliphatic heterocycles. The summed E-state index contributed by atoms with van der Waals surface area (Å²) in [5.41, 5.74) is -1.45. The van der Waals surface area contributed by atoms with Crippen LogP contribution >= 0.6 is 0 Å². The summed E-state index contributed by atoms with van der Waals surface area (Å²) < 4.78 is 63.9. The maximum absolute atomic E-state index is 12.8. The first-order valence-electron chi connectivity index (χ1n) is 4.06. The Morgan fingerprint density at radius 2 is 1.76 bits per heavy atom. The summed E-state index contributed by atoms with van der Waals surface area (Å²) in [5.74, 6) is -2.91. The summed E-state index contributed by atoms with van der Waals surface area (Å²) in [6.07, 6.45) is -5.17. The van der Waals surface area contributed by atoms with E-state index in [0.29, 0.717) is 6.07 Å². The highest BCUT2D eigenvalue weighted by molar-refractivity contribution is 6.60. The molecule has 0 atom stereocenters. The van der Waals surface area contributed by atoms with E-state index in [9.17, 15) is 22.0 Å². The Morgan fingerprint density at radius 1 is 1.24 bits per heavy atom. The fraction of sp³-hybridized carbons (Fsp3) is 0.125. The van der Waals surface area contributed by atoms with Gasteiger partial charge in [-0.05, 0) is 12.1 Å². The van der Waals surface area contributed by atoms with E-state index in [1.165, 1.54) is 6.07 Å². The van der Waals surface area contributed by atoms with E-state index >= 15 is 0 Å². The van der Waals surface area contributed by atoms with Crippen LogP contribution in [0.1, 0.15) is 5.56 Å². The van der Waals surface area contributed by atoms with Gasteiger partial charge in [-0.2, -0.15) is 5.26 Å². The molecule has 0 spiro atoms. The van der Waals surface area contributed by atoms with Crippen molar-refractivity contribution in [2.45, 2.75) is 6.36 Å². The van der Waals surface area contributed by atoms with Crippen molar-refractivity contribution in [2.24, 2.45) is 0 Å². The van der Waals surface area contributed by atoms with Gasteiger partial charge in [0.05, 0.1) is 11.6 Å². The van der Waals surface area contributed by atoms with Crippen LogP contribution in [-0.2, 0) is 4.65 Å². The van der Waals surface area contributed by atoms with Crippen LogP contribution in [0, 0.1) is 23.0 Å². The van der Waals surface area contributed by atoms with E-state index in [0.717, 1.165) is 0 Å². The summed E-state index contributed by atoms with van der Waals surface area (Å²) in [6, 6.07) is 1.95. The van der Waals surface area contributed by atoms with Crippen LogP contribution in [0.15, 0.2) is 12.1 Å². The molecule has 0 amide bonds. The first kappa shape index (κ1) is 13.4. The zero-order valence-electron chi connectivity index (χ0n) is 7.92. The third-order valence-electron chi connectivity index (χ3n) is 1.72. The highest BCUT2D eigenvalue weighted by atomic mass is 19.4. The quantitative estimate of drug-likeness (QED) is 0.631. The lowest BCUT2D eigenvalue weighted by atomic mass is 9.76. The molecule has 1 rings (SSSR count). The highest BCUT2D eigenvalue weighted by Crippen LogP contribution is 2.17. The van der Waals surface area contributed by atoms with Gasteiger partial charge in [0.25, 0.3) is 0 Å². The Bertz CT molecular complexity index is 470. The van der Waals surface area contributed by atoms with Crippen molar-refractivity contribution >= 4 is 12.6 Å². The highest BCUT2D eigenvalue weighted by Gasteiger charge is 2.37. The number of benzene rings is 1. The lowest BCUT2D eigenvalue weighted by molar-refractivity contribution is -0.282. The number of alkyl halides is 3. The Morgan fingerprint density at radius 3 is 2.24 bits per heavy atom. The molecule has 0 bridgehead atoms. The molecule has 9 heteroatoms. The van der Waals surface area contributed by atoms with Gasteiger partial charge in [-0.15, -0.1) is 13.2 Å². The molecule has 0 heterocycles. The minimum Gasteiger partial charge on any atom is -0.423 e. The van der Waals surface area contributed by atoms with Crippen molar-refractivity contribution in [1.82, 2.24) is 0 Å². The Labute approximate surface area is 92.2 Å². The smallest absolute Gasteiger partial charge is 0.423 e. The van der Waals surface area contributed by atoms with Crippen molar-refractivity contribution in [1.29, 1.82) is 5.26 Å². The molecule has 0 aliphatic rings. The molecule has 0 aromatic heterocycles. The molecule has 0 radical (unpaired) electrons. The van der Waals surface area contributed by atoms with E-state index in [1.54, 1.807) is 0 Å². The van der Waals surface area contributed by atoms with Crippen molar-refractivity contribution in [2.75, 3.05) is 0 Å². The third kappa shape index (κ3) is 3.40. The predicted molar refractivity (Wildman–Crippen MR) is 45.8 cm³/mol.